The van der Waals surface area contributed by atoms with Crippen molar-refractivity contribution >= 4 is 23.5 Å². The lowest BCUT2D eigenvalue weighted by Crippen LogP contribution is -2.15. The molecule has 0 aliphatic rings. The predicted molar refractivity (Wildman–Crippen MR) is 92.9 cm³/mol. The Balaban J connectivity index is 1.96. The van der Waals surface area contributed by atoms with Gasteiger partial charge in [0.15, 0.2) is 0 Å². The standard InChI is InChI=1S/C18H21ClN2/c1-13-7-6-8-14(2)18(13)21-11-15(3)20-12-16-9-4-5-10-17(16)19/h4-10,12,15,21H,11H2,1-3H3. The molecule has 0 saturated carbocycles. The molecule has 2 nitrogen and oxygen atoms in total. The monoisotopic (exact) mass is 300 g/mol. The molecular weight excluding hydrogens is 280 g/mol. The molecule has 2 aromatic rings. The average molecular weight is 301 g/mol. The van der Waals surface area contributed by atoms with Gasteiger partial charge in [0.2, 0.25) is 0 Å². The second-order valence-corrected chi connectivity index (χ2v) is 5.70. The fourth-order valence-corrected chi connectivity index (χ4v) is 2.37. The fraction of sp³-hybridized carbons (Fsp3) is 0.278. The quantitative estimate of drug-likeness (QED) is 0.782. The normalized spacial score (nSPS) is 12.6. The van der Waals surface area contributed by atoms with E-state index in [4.69, 9.17) is 11.6 Å². The number of aliphatic imine (C=N–C) groups is 1. The van der Waals surface area contributed by atoms with Gasteiger partial charge in [0.05, 0.1) is 6.04 Å². The topological polar surface area (TPSA) is 24.4 Å². The van der Waals surface area contributed by atoms with Crippen molar-refractivity contribution in [3.63, 3.8) is 0 Å². The van der Waals surface area contributed by atoms with E-state index in [1.807, 2.05) is 30.5 Å². The lowest BCUT2D eigenvalue weighted by Gasteiger charge is -2.14. The van der Waals surface area contributed by atoms with E-state index in [1.165, 1.54) is 16.8 Å². The summed E-state index contributed by atoms with van der Waals surface area (Å²) in [6, 6.07) is 14.2. The van der Waals surface area contributed by atoms with Crippen LogP contribution in [0.4, 0.5) is 5.69 Å². The van der Waals surface area contributed by atoms with Gasteiger partial charge in [-0.1, -0.05) is 48.0 Å². The molecule has 1 N–H and O–H groups in total. The first-order valence-corrected chi connectivity index (χ1v) is 7.53. The Hall–Kier alpha value is -1.80. The highest BCUT2D eigenvalue weighted by molar-refractivity contribution is 6.33. The van der Waals surface area contributed by atoms with Crippen molar-refractivity contribution < 1.29 is 0 Å². The Morgan fingerprint density at radius 3 is 2.43 bits per heavy atom. The van der Waals surface area contributed by atoms with E-state index in [0.29, 0.717) is 0 Å². The Morgan fingerprint density at radius 2 is 1.76 bits per heavy atom. The van der Waals surface area contributed by atoms with E-state index in [0.717, 1.165) is 17.1 Å². The third kappa shape index (κ3) is 4.33. The molecule has 0 fully saturated rings. The van der Waals surface area contributed by atoms with Crippen molar-refractivity contribution in [2.45, 2.75) is 26.8 Å². The van der Waals surface area contributed by atoms with Crippen molar-refractivity contribution in [1.29, 1.82) is 0 Å². The maximum Gasteiger partial charge on any atom is 0.0644 e. The molecule has 1 unspecified atom stereocenters. The molecule has 0 spiro atoms. The number of hydrogen-bond donors (Lipinski definition) is 1. The molecule has 0 saturated heterocycles. The van der Waals surface area contributed by atoms with Gasteiger partial charge in [-0.25, -0.2) is 0 Å². The van der Waals surface area contributed by atoms with Crippen LogP contribution in [-0.4, -0.2) is 18.8 Å². The zero-order chi connectivity index (χ0) is 15.2. The zero-order valence-corrected chi connectivity index (χ0v) is 13.5. The summed E-state index contributed by atoms with van der Waals surface area (Å²) in [5.41, 5.74) is 4.69. The molecule has 0 heterocycles. The molecule has 0 radical (unpaired) electrons. The van der Waals surface area contributed by atoms with E-state index < -0.39 is 0 Å². The molecule has 2 aromatic carbocycles. The number of para-hydroxylation sites is 1. The van der Waals surface area contributed by atoms with E-state index in [-0.39, 0.29) is 6.04 Å². The average Bonchev–Trinajstić information content (AvgIpc) is 2.46. The number of anilines is 1. The summed E-state index contributed by atoms with van der Waals surface area (Å²) in [6.45, 7) is 7.13. The number of benzene rings is 2. The first kappa shape index (κ1) is 15.6. The summed E-state index contributed by atoms with van der Waals surface area (Å²) in [5, 5.41) is 4.22. The molecule has 0 aliphatic carbocycles. The number of aryl methyl sites for hydroxylation is 2. The smallest absolute Gasteiger partial charge is 0.0644 e. The SMILES string of the molecule is Cc1cccc(C)c1NCC(C)N=Cc1ccccc1Cl. The number of rotatable bonds is 5. The van der Waals surface area contributed by atoms with Gasteiger partial charge in [0, 0.05) is 29.0 Å². The largest absolute Gasteiger partial charge is 0.382 e. The second kappa shape index (κ2) is 7.28. The number of nitrogens with zero attached hydrogens (tertiary/aromatic N) is 1. The second-order valence-electron chi connectivity index (χ2n) is 5.30. The molecule has 21 heavy (non-hydrogen) atoms. The molecule has 0 aromatic heterocycles. The van der Waals surface area contributed by atoms with Crippen molar-refractivity contribution in [3.8, 4) is 0 Å². The highest BCUT2D eigenvalue weighted by Crippen LogP contribution is 2.19. The minimum absolute atomic E-state index is 0.181. The van der Waals surface area contributed by atoms with Crippen LogP contribution in [0.25, 0.3) is 0 Å². The Bertz CT molecular complexity index is 615. The molecule has 1 atom stereocenters. The number of halogens is 1. The third-order valence-corrected chi connectivity index (χ3v) is 3.77. The van der Waals surface area contributed by atoms with Crippen molar-refractivity contribution in [2.24, 2.45) is 4.99 Å². The van der Waals surface area contributed by atoms with Gasteiger partial charge >= 0.3 is 0 Å². The lowest BCUT2D eigenvalue weighted by molar-refractivity contribution is 0.785. The van der Waals surface area contributed by atoms with Crippen LogP contribution >= 0.6 is 11.6 Å². The van der Waals surface area contributed by atoms with Gasteiger partial charge in [0.25, 0.3) is 0 Å². The fourth-order valence-electron chi connectivity index (χ4n) is 2.18. The maximum atomic E-state index is 6.12. The minimum Gasteiger partial charge on any atom is -0.382 e. The van der Waals surface area contributed by atoms with Gasteiger partial charge in [-0.3, -0.25) is 4.99 Å². The van der Waals surface area contributed by atoms with E-state index in [9.17, 15) is 0 Å². The van der Waals surface area contributed by atoms with Crippen LogP contribution in [0.5, 0.6) is 0 Å². The zero-order valence-electron chi connectivity index (χ0n) is 12.7. The summed E-state index contributed by atoms with van der Waals surface area (Å²) >= 11 is 6.12. The minimum atomic E-state index is 0.181. The first-order valence-electron chi connectivity index (χ1n) is 7.15. The van der Waals surface area contributed by atoms with E-state index >= 15 is 0 Å². The van der Waals surface area contributed by atoms with Gasteiger partial charge in [-0.15, -0.1) is 0 Å². The van der Waals surface area contributed by atoms with Crippen molar-refractivity contribution in [3.05, 3.63) is 64.2 Å². The van der Waals surface area contributed by atoms with Gasteiger partial charge < -0.3 is 5.32 Å². The van der Waals surface area contributed by atoms with E-state index in [1.54, 1.807) is 0 Å². The summed E-state index contributed by atoms with van der Waals surface area (Å²) in [7, 11) is 0. The van der Waals surface area contributed by atoms with Crippen LogP contribution in [0.3, 0.4) is 0 Å². The summed E-state index contributed by atoms with van der Waals surface area (Å²) < 4.78 is 0. The third-order valence-electron chi connectivity index (χ3n) is 3.43. The summed E-state index contributed by atoms with van der Waals surface area (Å²) in [4.78, 5) is 4.56. The molecule has 2 rings (SSSR count). The molecule has 110 valence electrons. The van der Waals surface area contributed by atoms with Crippen LogP contribution < -0.4 is 5.32 Å². The molecule has 0 aliphatic heterocycles. The lowest BCUT2D eigenvalue weighted by atomic mass is 10.1. The highest BCUT2D eigenvalue weighted by atomic mass is 35.5. The molecular formula is C18H21ClN2. The molecule has 0 amide bonds. The van der Waals surface area contributed by atoms with E-state index in [2.05, 4.69) is 49.3 Å². The van der Waals surface area contributed by atoms with Crippen LogP contribution in [0.1, 0.15) is 23.6 Å². The highest BCUT2D eigenvalue weighted by Gasteiger charge is 2.04. The first-order chi connectivity index (χ1) is 10.1. The van der Waals surface area contributed by atoms with Crippen LogP contribution in [0.15, 0.2) is 47.5 Å². The Morgan fingerprint density at radius 1 is 1.10 bits per heavy atom. The van der Waals surface area contributed by atoms with Gasteiger partial charge in [0.1, 0.15) is 0 Å². The van der Waals surface area contributed by atoms with Crippen molar-refractivity contribution in [2.75, 3.05) is 11.9 Å². The molecule has 0 bridgehead atoms. The number of nitrogens with one attached hydrogen (secondary N) is 1. The Kier molecular flexibility index (Phi) is 5.40. The maximum absolute atomic E-state index is 6.12. The van der Waals surface area contributed by atoms with Crippen molar-refractivity contribution in [1.82, 2.24) is 0 Å². The molecule has 3 heteroatoms. The number of hydrogen-bond acceptors (Lipinski definition) is 2. The van der Waals surface area contributed by atoms with Gasteiger partial charge in [-0.05, 0) is 38.0 Å². The van der Waals surface area contributed by atoms with Crippen LogP contribution in [0.2, 0.25) is 5.02 Å². The Labute approximate surface area is 131 Å². The predicted octanol–water partition coefficient (Wildman–Crippen LogP) is 4.88. The summed E-state index contributed by atoms with van der Waals surface area (Å²) in [6.07, 6.45) is 1.85. The summed E-state index contributed by atoms with van der Waals surface area (Å²) in [5.74, 6) is 0. The van der Waals surface area contributed by atoms with Crippen LogP contribution in [-0.2, 0) is 0 Å². The van der Waals surface area contributed by atoms with Crippen LogP contribution in [0, 0.1) is 13.8 Å². The van der Waals surface area contributed by atoms with Gasteiger partial charge in [-0.2, -0.15) is 0 Å².